The minimum atomic E-state index is -1.07. The van der Waals surface area contributed by atoms with E-state index in [1.807, 2.05) is 30.3 Å². The summed E-state index contributed by atoms with van der Waals surface area (Å²) in [4.78, 5) is 0. The molecule has 1 aromatic rings. The molecule has 0 aliphatic carbocycles. The Hall–Kier alpha value is -0.900. The first-order valence-electron chi connectivity index (χ1n) is 5.25. The number of ether oxygens (including phenoxy) is 1. The van der Waals surface area contributed by atoms with Gasteiger partial charge in [-0.05, 0) is 25.3 Å². The zero-order valence-electron chi connectivity index (χ0n) is 8.97. The Morgan fingerprint density at radius 2 is 1.87 bits per heavy atom. The van der Waals surface area contributed by atoms with E-state index in [4.69, 9.17) is 4.74 Å². The van der Waals surface area contributed by atoms with Crippen molar-refractivity contribution >= 4 is 0 Å². The standard InChI is InChI=1S/C12H18O3/c1-2-15-12(14)11(13)9-8-10-6-4-3-5-7-10/h3-7,11-14H,2,8-9H2,1H3/t11-,12?/m0/s1. The highest BCUT2D eigenvalue weighted by Gasteiger charge is 2.15. The Balaban J connectivity index is 2.31. The van der Waals surface area contributed by atoms with Crippen LogP contribution in [-0.4, -0.2) is 29.2 Å². The van der Waals surface area contributed by atoms with Gasteiger partial charge in [0.1, 0.15) is 6.10 Å². The lowest BCUT2D eigenvalue weighted by Gasteiger charge is -2.17. The monoisotopic (exact) mass is 210 g/mol. The van der Waals surface area contributed by atoms with Crippen LogP contribution in [0.25, 0.3) is 0 Å². The molecule has 15 heavy (non-hydrogen) atoms. The summed E-state index contributed by atoms with van der Waals surface area (Å²) in [6.07, 6.45) is -0.638. The molecule has 0 aliphatic heterocycles. The number of aryl methyl sites for hydroxylation is 1. The third-order valence-electron chi connectivity index (χ3n) is 2.24. The lowest BCUT2D eigenvalue weighted by Crippen LogP contribution is -2.29. The van der Waals surface area contributed by atoms with Crippen LogP contribution >= 0.6 is 0 Å². The van der Waals surface area contributed by atoms with Crippen LogP contribution in [0, 0.1) is 0 Å². The summed E-state index contributed by atoms with van der Waals surface area (Å²) in [5, 5.41) is 18.9. The van der Waals surface area contributed by atoms with Gasteiger partial charge < -0.3 is 14.9 Å². The maximum absolute atomic E-state index is 9.54. The maximum Gasteiger partial charge on any atom is 0.180 e. The highest BCUT2D eigenvalue weighted by Crippen LogP contribution is 2.08. The average Bonchev–Trinajstić information content (AvgIpc) is 2.27. The maximum atomic E-state index is 9.54. The molecule has 0 heterocycles. The third-order valence-corrected chi connectivity index (χ3v) is 2.24. The van der Waals surface area contributed by atoms with E-state index >= 15 is 0 Å². The number of aliphatic hydroxyl groups is 2. The summed E-state index contributed by atoms with van der Waals surface area (Å²) in [6.45, 7) is 2.19. The number of aliphatic hydroxyl groups excluding tert-OH is 2. The van der Waals surface area contributed by atoms with E-state index in [9.17, 15) is 10.2 Å². The van der Waals surface area contributed by atoms with Crippen molar-refractivity contribution in [2.75, 3.05) is 6.61 Å². The van der Waals surface area contributed by atoms with Gasteiger partial charge in [-0.25, -0.2) is 0 Å². The van der Waals surface area contributed by atoms with Crippen molar-refractivity contribution in [2.45, 2.75) is 32.2 Å². The van der Waals surface area contributed by atoms with Crippen molar-refractivity contribution in [3.8, 4) is 0 Å². The summed E-state index contributed by atoms with van der Waals surface area (Å²) >= 11 is 0. The molecule has 0 saturated heterocycles. The van der Waals surface area contributed by atoms with Gasteiger partial charge in [-0.15, -0.1) is 0 Å². The fourth-order valence-electron chi connectivity index (χ4n) is 1.38. The summed E-state index contributed by atoms with van der Waals surface area (Å²) < 4.78 is 4.90. The SMILES string of the molecule is CCOC(O)[C@@H](O)CCc1ccccc1. The predicted octanol–water partition coefficient (Wildman–Crippen LogP) is 1.33. The van der Waals surface area contributed by atoms with Gasteiger partial charge in [-0.3, -0.25) is 0 Å². The van der Waals surface area contributed by atoms with Gasteiger partial charge in [0.05, 0.1) is 0 Å². The number of hydrogen-bond donors (Lipinski definition) is 2. The zero-order chi connectivity index (χ0) is 11.1. The fraction of sp³-hybridized carbons (Fsp3) is 0.500. The van der Waals surface area contributed by atoms with E-state index in [0.29, 0.717) is 13.0 Å². The Labute approximate surface area is 90.3 Å². The van der Waals surface area contributed by atoms with Gasteiger partial charge in [0.25, 0.3) is 0 Å². The van der Waals surface area contributed by atoms with Crippen molar-refractivity contribution in [3.63, 3.8) is 0 Å². The van der Waals surface area contributed by atoms with Crippen LogP contribution in [0.4, 0.5) is 0 Å². The molecule has 0 radical (unpaired) electrons. The van der Waals surface area contributed by atoms with Crippen LogP contribution in [0.2, 0.25) is 0 Å². The molecule has 1 rings (SSSR count). The molecule has 0 aliphatic rings. The lowest BCUT2D eigenvalue weighted by molar-refractivity contribution is -0.159. The van der Waals surface area contributed by atoms with Gasteiger partial charge in [0.2, 0.25) is 0 Å². The van der Waals surface area contributed by atoms with Crippen molar-refractivity contribution < 1.29 is 14.9 Å². The molecule has 84 valence electrons. The van der Waals surface area contributed by atoms with Gasteiger partial charge in [-0.1, -0.05) is 30.3 Å². The van der Waals surface area contributed by atoms with E-state index in [1.165, 1.54) is 0 Å². The molecule has 3 heteroatoms. The van der Waals surface area contributed by atoms with Crippen LogP contribution < -0.4 is 0 Å². The van der Waals surface area contributed by atoms with Crippen molar-refractivity contribution in [2.24, 2.45) is 0 Å². The molecular formula is C12H18O3. The zero-order valence-corrected chi connectivity index (χ0v) is 8.97. The largest absolute Gasteiger partial charge is 0.388 e. The minimum absolute atomic E-state index is 0.406. The molecule has 0 spiro atoms. The van der Waals surface area contributed by atoms with E-state index in [1.54, 1.807) is 6.92 Å². The molecule has 2 atom stereocenters. The number of benzene rings is 1. The second-order valence-electron chi connectivity index (χ2n) is 3.44. The smallest absolute Gasteiger partial charge is 0.180 e. The summed E-state index contributed by atoms with van der Waals surface area (Å²) in [7, 11) is 0. The van der Waals surface area contributed by atoms with Gasteiger partial charge in [0.15, 0.2) is 6.29 Å². The van der Waals surface area contributed by atoms with Crippen molar-refractivity contribution in [3.05, 3.63) is 35.9 Å². The summed E-state index contributed by atoms with van der Waals surface area (Å²) in [5.41, 5.74) is 1.15. The van der Waals surface area contributed by atoms with Crippen molar-refractivity contribution in [1.82, 2.24) is 0 Å². The molecular weight excluding hydrogens is 192 g/mol. The first-order valence-corrected chi connectivity index (χ1v) is 5.25. The van der Waals surface area contributed by atoms with Gasteiger partial charge in [0, 0.05) is 6.61 Å². The Kier molecular flexibility index (Phi) is 5.32. The molecule has 0 amide bonds. The molecule has 0 bridgehead atoms. The average molecular weight is 210 g/mol. The molecule has 0 fully saturated rings. The highest BCUT2D eigenvalue weighted by molar-refractivity contribution is 5.14. The lowest BCUT2D eigenvalue weighted by atomic mass is 10.1. The van der Waals surface area contributed by atoms with E-state index < -0.39 is 12.4 Å². The van der Waals surface area contributed by atoms with Crippen molar-refractivity contribution in [1.29, 1.82) is 0 Å². The van der Waals surface area contributed by atoms with E-state index in [0.717, 1.165) is 12.0 Å². The number of hydrogen-bond acceptors (Lipinski definition) is 3. The van der Waals surface area contributed by atoms with Crippen LogP contribution in [0.1, 0.15) is 18.9 Å². The Morgan fingerprint density at radius 3 is 2.47 bits per heavy atom. The van der Waals surface area contributed by atoms with E-state index in [-0.39, 0.29) is 0 Å². The van der Waals surface area contributed by atoms with E-state index in [2.05, 4.69) is 0 Å². The molecule has 1 unspecified atom stereocenters. The van der Waals surface area contributed by atoms with Gasteiger partial charge in [-0.2, -0.15) is 0 Å². The summed E-state index contributed by atoms with van der Waals surface area (Å²) in [5.74, 6) is 0. The fourth-order valence-corrected chi connectivity index (χ4v) is 1.38. The Bertz CT molecular complexity index is 261. The first-order chi connectivity index (χ1) is 7.24. The van der Waals surface area contributed by atoms with Crippen LogP contribution in [-0.2, 0) is 11.2 Å². The molecule has 1 aromatic carbocycles. The molecule has 2 N–H and O–H groups in total. The van der Waals surface area contributed by atoms with Crippen LogP contribution in [0.5, 0.6) is 0 Å². The van der Waals surface area contributed by atoms with Gasteiger partial charge >= 0.3 is 0 Å². The molecule has 0 aromatic heterocycles. The minimum Gasteiger partial charge on any atom is -0.388 e. The first kappa shape index (κ1) is 12.2. The Morgan fingerprint density at radius 1 is 1.20 bits per heavy atom. The second-order valence-corrected chi connectivity index (χ2v) is 3.44. The predicted molar refractivity (Wildman–Crippen MR) is 58.4 cm³/mol. The van der Waals surface area contributed by atoms with Crippen LogP contribution in [0.15, 0.2) is 30.3 Å². The molecule has 0 saturated carbocycles. The second kappa shape index (κ2) is 6.56. The highest BCUT2D eigenvalue weighted by atomic mass is 16.6. The topological polar surface area (TPSA) is 49.7 Å². The summed E-state index contributed by atoms with van der Waals surface area (Å²) in [6, 6.07) is 9.87. The normalized spacial score (nSPS) is 14.9. The number of rotatable bonds is 6. The quantitative estimate of drug-likeness (QED) is 0.696. The molecule has 3 nitrogen and oxygen atoms in total. The third kappa shape index (κ3) is 4.42. The van der Waals surface area contributed by atoms with Crippen LogP contribution in [0.3, 0.4) is 0 Å².